The third kappa shape index (κ3) is 4.72. The molecule has 1 aromatic heterocycles. The lowest BCUT2D eigenvalue weighted by molar-refractivity contribution is 0.0889. The van der Waals surface area contributed by atoms with Crippen LogP contribution in [0.3, 0.4) is 0 Å². The Bertz CT molecular complexity index is 755. The van der Waals surface area contributed by atoms with Gasteiger partial charge in [-0.1, -0.05) is 43.7 Å². The fourth-order valence-corrected chi connectivity index (χ4v) is 4.25. The van der Waals surface area contributed by atoms with Crippen molar-refractivity contribution in [2.45, 2.75) is 70.3 Å². The second kappa shape index (κ2) is 9.22. The number of amides is 1. The number of anilines is 1. The maximum Gasteiger partial charge on any atom is 0.316 e. The van der Waals surface area contributed by atoms with Crippen LogP contribution in [0.5, 0.6) is 0 Å². The summed E-state index contributed by atoms with van der Waals surface area (Å²) in [7, 11) is 0. The zero-order valence-corrected chi connectivity index (χ0v) is 16.5. The molecule has 6 nitrogen and oxygen atoms in total. The van der Waals surface area contributed by atoms with Crippen molar-refractivity contribution < 1.29 is 9.32 Å². The maximum atomic E-state index is 12.4. The molecule has 6 heteroatoms. The Balaban J connectivity index is 1.39. The van der Waals surface area contributed by atoms with Gasteiger partial charge in [-0.25, -0.2) is 0 Å². The van der Waals surface area contributed by atoms with E-state index in [4.69, 9.17) is 4.52 Å². The number of carbonyl (C=O) groups excluding carboxylic acids is 1. The Morgan fingerprint density at radius 2 is 1.57 bits per heavy atom. The first-order valence-electron chi connectivity index (χ1n) is 10.8. The van der Waals surface area contributed by atoms with E-state index in [1.165, 1.54) is 57.1 Å². The average Bonchev–Trinajstić information content (AvgIpc) is 2.90. The van der Waals surface area contributed by atoms with Gasteiger partial charge in [-0.05, 0) is 49.9 Å². The molecule has 1 aliphatic carbocycles. The first kappa shape index (κ1) is 19.0. The van der Waals surface area contributed by atoms with Gasteiger partial charge in [0.25, 0.3) is 0 Å². The van der Waals surface area contributed by atoms with Crippen LogP contribution in [0.25, 0.3) is 11.4 Å². The fraction of sp³-hybridized carbons (Fsp3) is 0.591. The van der Waals surface area contributed by atoms with Crippen molar-refractivity contribution in [3.05, 3.63) is 30.2 Å². The molecule has 1 saturated carbocycles. The molecule has 0 atom stereocenters. The number of hydrogen-bond acceptors (Lipinski definition) is 5. The first-order chi connectivity index (χ1) is 13.8. The van der Waals surface area contributed by atoms with E-state index in [1.807, 2.05) is 12.1 Å². The van der Waals surface area contributed by atoms with Crippen molar-refractivity contribution in [2.75, 3.05) is 18.0 Å². The smallest absolute Gasteiger partial charge is 0.316 e. The van der Waals surface area contributed by atoms with Crippen molar-refractivity contribution in [2.24, 2.45) is 0 Å². The first-order valence-corrected chi connectivity index (χ1v) is 10.8. The van der Waals surface area contributed by atoms with Gasteiger partial charge >= 0.3 is 11.8 Å². The Morgan fingerprint density at radius 1 is 0.929 bits per heavy atom. The summed E-state index contributed by atoms with van der Waals surface area (Å²) in [5, 5.41) is 7.07. The highest BCUT2D eigenvalue weighted by Crippen LogP contribution is 2.24. The predicted molar refractivity (Wildman–Crippen MR) is 109 cm³/mol. The average molecular weight is 383 g/mol. The molecule has 4 rings (SSSR count). The number of carbonyl (C=O) groups is 1. The highest BCUT2D eigenvalue weighted by atomic mass is 16.5. The summed E-state index contributed by atoms with van der Waals surface area (Å²) >= 11 is 0. The van der Waals surface area contributed by atoms with Crippen LogP contribution >= 0.6 is 0 Å². The molecule has 0 bridgehead atoms. The lowest BCUT2D eigenvalue weighted by atomic mass is 10.1. The summed E-state index contributed by atoms with van der Waals surface area (Å²) in [5.74, 6) is 0.260. The number of rotatable bonds is 4. The van der Waals surface area contributed by atoms with Crippen LogP contribution in [0.2, 0.25) is 0 Å². The summed E-state index contributed by atoms with van der Waals surface area (Å²) in [6.45, 7) is 2.24. The number of hydrogen-bond donors (Lipinski definition) is 1. The van der Waals surface area contributed by atoms with Gasteiger partial charge in [-0.2, -0.15) is 4.98 Å². The minimum Gasteiger partial charge on any atom is -0.372 e. The van der Waals surface area contributed by atoms with Gasteiger partial charge in [-0.15, -0.1) is 0 Å². The Labute approximate surface area is 166 Å². The van der Waals surface area contributed by atoms with Crippen molar-refractivity contribution in [1.29, 1.82) is 0 Å². The van der Waals surface area contributed by atoms with E-state index in [0.29, 0.717) is 5.82 Å². The predicted octanol–water partition coefficient (Wildman–Crippen LogP) is 4.57. The summed E-state index contributed by atoms with van der Waals surface area (Å²) in [4.78, 5) is 19.2. The molecule has 0 unspecified atom stereocenters. The third-order valence-corrected chi connectivity index (χ3v) is 5.91. The molecule has 150 valence electrons. The third-order valence-electron chi connectivity index (χ3n) is 5.91. The molecular weight excluding hydrogens is 352 g/mol. The maximum absolute atomic E-state index is 12.4. The summed E-state index contributed by atoms with van der Waals surface area (Å²) < 4.78 is 5.23. The number of aromatic nitrogens is 2. The van der Waals surface area contributed by atoms with Gasteiger partial charge in [0.05, 0.1) is 0 Å². The molecule has 2 aromatic rings. The normalized spacial score (nSPS) is 19.1. The van der Waals surface area contributed by atoms with Gasteiger partial charge in [0.1, 0.15) is 0 Å². The highest BCUT2D eigenvalue weighted by molar-refractivity contribution is 5.90. The number of benzene rings is 1. The van der Waals surface area contributed by atoms with Gasteiger partial charge < -0.3 is 14.7 Å². The van der Waals surface area contributed by atoms with Crippen molar-refractivity contribution >= 4 is 11.6 Å². The minimum atomic E-state index is -0.258. The lowest BCUT2D eigenvalue weighted by Gasteiger charge is -2.22. The largest absolute Gasteiger partial charge is 0.372 e. The van der Waals surface area contributed by atoms with Crippen LogP contribution in [0.1, 0.15) is 74.9 Å². The topological polar surface area (TPSA) is 71.3 Å². The summed E-state index contributed by atoms with van der Waals surface area (Å²) in [6, 6.07) is 8.47. The molecule has 1 saturated heterocycles. The zero-order valence-electron chi connectivity index (χ0n) is 16.5. The van der Waals surface area contributed by atoms with E-state index < -0.39 is 0 Å². The molecule has 0 spiro atoms. The minimum absolute atomic E-state index is 0.0517. The van der Waals surface area contributed by atoms with E-state index in [2.05, 4.69) is 32.5 Å². The quantitative estimate of drug-likeness (QED) is 0.784. The SMILES string of the molecule is O=C(NC1CCCCCC1)c1nc(-c2ccc(N3CCCCCC3)cc2)no1. The Kier molecular flexibility index (Phi) is 6.24. The molecule has 1 aromatic carbocycles. The molecule has 1 aliphatic heterocycles. The van der Waals surface area contributed by atoms with Crippen LogP contribution in [0.15, 0.2) is 28.8 Å². The lowest BCUT2D eigenvalue weighted by Crippen LogP contribution is -2.34. The standard InChI is InChI=1S/C22H30N4O2/c27-21(23-18-9-5-1-2-6-10-18)22-24-20(25-28-22)17-11-13-19(14-12-17)26-15-7-3-4-8-16-26/h11-14,18H,1-10,15-16H2,(H,23,27). The molecule has 1 N–H and O–H groups in total. The van der Waals surface area contributed by atoms with E-state index in [-0.39, 0.29) is 17.8 Å². The van der Waals surface area contributed by atoms with Crippen LogP contribution < -0.4 is 10.2 Å². The van der Waals surface area contributed by atoms with Gasteiger partial charge in [0.15, 0.2) is 0 Å². The second-order valence-corrected chi connectivity index (χ2v) is 8.03. The van der Waals surface area contributed by atoms with E-state index >= 15 is 0 Å². The van der Waals surface area contributed by atoms with Crippen LogP contribution in [-0.2, 0) is 0 Å². The zero-order chi connectivity index (χ0) is 19.2. The van der Waals surface area contributed by atoms with Crippen molar-refractivity contribution in [3.8, 4) is 11.4 Å². The van der Waals surface area contributed by atoms with E-state index in [9.17, 15) is 4.79 Å². The fourth-order valence-electron chi connectivity index (χ4n) is 4.25. The molecule has 28 heavy (non-hydrogen) atoms. The monoisotopic (exact) mass is 382 g/mol. The van der Waals surface area contributed by atoms with Crippen molar-refractivity contribution in [3.63, 3.8) is 0 Å². The molecule has 1 amide bonds. The van der Waals surface area contributed by atoms with Gasteiger partial charge in [0, 0.05) is 30.4 Å². The van der Waals surface area contributed by atoms with E-state index in [0.717, 1.165) is 31.5 Å². The molecule has 2 fully saturated rings. The molecule has 2 aliphatic rings. The molecule has 0 radical (unpaired) electrons. The van der Waals surface area contributed by atoms with Crippen LogP contribution in [-0.4, -0.2) is 35.2 Å². The molecule has 2 heterocycles. The molecular formula is C22H30N4O2. The van der Waals surface area contributed by atoms with E-state index in [1.54, 1.807) is 0 Å². The summed E-state index contributed by atoms with van der Waals surface area (Å²) in [5.41, 5.74) is 2.11. The number of nitrogens with zero attached hydrogens (tertiary/aromatic N) is 3. The van der Waals surface area contributed by atoms with Crippen LogP contribution in [0.4, 0.5) is 5.69 Å². The number of nitrogens with one attached hydrogen (secondary N) is 1. The highest BCUT2D eigenvalue weighted by Gasteiger charge is 2.21. The second-order valence-electron chi connectivity index (χ2n) is 8.03. The van der Waals surface area contributed by atoms with Crippen LogP contribution in [0, 0.1) is 0 Å². The van der Waals surface area contributed by atoms with Gasteiger partial charge in [-0.3, -0.25) is 4.79 Å². The Hall–Kier alpha value is -2.37. The van der Waals surface area contributed by atoms with Gasteiger partial charge in [0.2, 0.25) is 5.82 Å². The van der Waals surface area contributed by atoms with Crippen molar-refractivity contribution in [1.82, 2.24) is 15.5 Å². The Morgan fingerprint density at radius 3 is 2.25 bits per heavy atom. The summed E-state index contributed by atoms with van der Waals surface area (Å²) in [6.07, 6.45) is 12.1.